The van der Waals surface area contributed by atoms with Crippen LogP contribution >= 0.6 is 17.2 Å². The topological polar surface area (TPSA) is 0 Å². The molecule has 94 valence electrons. The van der Waals surface area contributed by atoms with Crippen LogP contribution in [-0.2, 0) is 0 Å². The molecule has 0 aliphatic carbocycles. The zero-order valence-corrected chi connectivity index (χ0v) is 13.0. The predicted molar refractivity (Wildman–Crippen MR) is 88.0 cm³/mol. The molecule has 0 spiro atoms. The molecule has 0 amide bonds. The number of hydrogen-bond acceptors (Lipinski definition) is 0. The third-order valence-corrected chi connectivity index (χ3v) is 5.87. The van der Waals surface area contributed by atoms with E-state index < -0.39 is 0 Å². The molecule has 0 aliphatic rings. The third-order valence-electron chi connectivity index (χ3n) is 2.89. The van der Waals surface area contributed by atoms with Crippen LogP contribution in [0.3, 0.4) is 0 Å². The molecule has 0 heterocycles. The summed E-state index contributed by atoms with van der Waals surface area (Å²) < 4.78 is 0. The maximum atomic E-state index is 2.27. The zero-order chi connectivity index (χ0) is 12.8. The highest BCUT2D eigenvalue weighted by atomic mass is 31.1. The summed E-state index contributed by atoms with van der Waals surface area (Å²) in [4.78, 5) is 0. The van der Waals surface area contributed by atoms with Gasteiger partial charge in [-0.15, -0.1) is 0 Å². The Labute approximate surface area is 114 Å². The van der Waals surface area contributed by atoms with E-state index in [1.807, 2.05) is 0 Å². The van der Waals surface area contributed by atoms with E-state index >= 15 is 0 Å². The van der Waals surface area contributed by atoms with Crippen molar-refractivity contribution in [3.8, 4) is 0 Å². The van der Waals surface area contributed by atoms with Crippen LogP contribution < -0.4 is 10.6 Å². The van der Waals surface area contributed by atoms with Crippen LogP contribution in [0.15, 0.2) is 48.5 Å². The average molecular weight is 274 g/mol. The maximum absolute atomic E-state index is 2.27. The first-order chi connectivity index (χ1) is 8.74. The highest BCUT2D eigenvalue weighted by Crippen LogP contribution is 2.17. The normalized spacial score (nSPS) is 11.9. The molecule has 2 aromatic rings. The van der Waals surface area contributed by atoms with E-state index in [0.717, 1.165) is 17.2 Å². The van der Waals surface area contributed by atoms with Gasteiger partial charge in [-0.25, -0.2) is 0 Å². The summed E-state index contributed by atoms with van der Waals surface area (Å²) in [5, 5.41) is 2.99. The second kappa shape index (κ2) is 7.03. The fourth-order valence-electron chi connectivity index (χ4n) is 1.76. The van der Waals surface area contributed by atoms with E-state index in [4.69, 9.17) is 0 Å². The van der Waals surface area contributed by atoms with Gasteiger partial charge in [0.05, 0.1) is 0 Å². The Morgan fingerprint density at radius 2 is 0.944 bits per heavy atom. The molecular weight excluding hydrogens is 254 g/mol. The molecule has 0 saturated heterocycles. The molecule has 18 heavy (non-hydrogen) atoms. The first-order valence-electron chi connectivity index (χ1n) is 6.35. The van der Waals surface area contributed by atoms with E-state index in [9.17, 15) is 0 Å². The van der Waals surface area contributed by atoms with Crippen LogP contribution in [-0.4, -0.2) is 12.3 Å². The fraction of sp³-hybridized carbons (Fsp3) is 0.250. The summed E-state index contributed by atoms with van der Waals surface area (Å²) in [5.41, 5.74) is 2.70. The Hall–Kier alpha value is -0.700. The van der Waals surface area contributed by atoms with Gasteiger partial charge in [0.25, 0.3) is 0 Å². The summed E-state index contributed by atoms with van der Waals surface area (Å²) in [5.74, 6) is 0. The molecular formula is C16H20P2. The van der Waals surface area contributed by atoms with Crippen LogP contribution in [0.4, 0.5) is 0 Å². The largest absolute Gasteiger partial charge is 0.0900 e. The molecule has 2 heteroatoms. The Morgan fingerprint density at radius 1 is 0.611 bits per heavy atom. The van der Waals surface area contributed by atoms with E-state index in [1.54, 1.807) is 0 Å². The van der Waals surface area contributed by atoms with Crippen molar-refractivity contribution < 1.29 is 0 Å². The van der Waals surface area contributed by atoms with Crippen molar-refractivity contribution in [1.82, 2.24) is 0 Å². The molecule has 0 saturated carbocycles. The van der Waals surface area contributed by atoms with Gasteiger partial charge in [-0.05, 0) is 36.8 Å². The molecule has 0 fully saturated rings. The van der Waals surface area contributed by atoms with Crippen molar-refractivity contribution in [3.63, 3.8) is 0 Å². The fourth-order valence-corrected chi connectivity index (χ4v) is 4.14. The Morgan fingerprint density at radius 3 is 1.28 bits per heavy atom. The third kappa shape index (κ3) is 4.52. The second-order valence-corrected chi connectivity index (χ2v) is 7.45. The number of rotatable bonds is 5. The first kappa shape index (κ1) is 13.7. The lowest BCUT2D eigenvalue weighted by Gasteiger charge is -2.04. The van der Waals surface area contributed by atoms with Crippen LogP contribution in [0.2, 0.25) is 0 Å². The highest BCUT2D eigenvalue weighted by Gasteiger charge is 1.95. The van der Waals surface area contributed by atoms with Gasteiger partial charge in [-0.2, -0.15) is 0 Å². The molecule has 0 aliphatic heterocycles. The lowest BCUT2D eigenvalue weighted by molar-refractivity contribution is 1.48. The molecule has 0 aromatic heterocycles. The van der Waals surface area contributed by atoms with Gasteiger partial charge in [-0.1, -0.05) is 76.8 Å². The second-order valence-electron chi connectivity index (χ2n) is 4.59. The predicted octanol–water partition coefficient (Wildman–Crippen LogP) is 3.61. The minimum Gasteiger partial charge on any atom is -0.0900 e. The van der Waals surface area contributed by atoms with Gasteiger partial charge in [0.2, 0.25) is 0 Å². The van der Waals surface area contributed by atoms with Crippen LogP contribution in [0.1, 0.15) is 11.1 Å². The van der Waals surface area contributed by atoms with E-state index in [0.29, 0.717) is 0 Å². The summed E-state index contributed by atoms with van der Waals surface area (Å²) in [6.45, 7) is 4.29. The average Bonchev–Trinajstić information content (AvgIpc) is 2.39. The summed E-state index contributed by atoms with van der Waals surface area (Å²) in [6, 6.07) is 17.9. The van der Waals surface area contributed by atoms with Gasteiger partial charge in [0, 0.05) is 0 Å². The molecule has 2 rings (SSSR count). The summed E-state index contributed by atoms with van der Waals surface area (Å²) in [6.07, 6.45) is 2.63. The van der Waals surface area contributed by atoms with Gasteiger partial charge in [0.1, 0.15) is 0 Å². The number of aryl methyl sites for hydroxylation is 2. The molecule has 0 N–H and O–H groups in total. The molecule has 0 bridgehead atoms. The quantitative estimate of drug-likeness (QED) is 0.577. The summed E-state index contributed by atoms with van der Waals surface area (Å²) >= 11 is 0. The van der Waals surface area contributed by atoms with Crippen LogP contribution in [0.5, 0.6) is 0 Å². The maximum Gasteiger partial charge on any atom is -0.0271 e. The van der Waals surface area contributed by atoms with Crippen molar-refractivity contribution >= 4 is 27.8 Å². The van der Waals surface area contributed by atoms with Crippen LogP contribution in [0.25, 0.3) is 0 Å². The van der Waals surface area contributed by atoms with Crippen molar-refractivity contribution in [2.24, 2.45) is 0 Å². The van der Waals surface area contributed by atoms with Gasteiger partial charge in [-0.3, -0.25) is 0 Å². The Kier molecular flexibility index (Phi) is 5.36. The van der Waals surface area contributed by atoms with E-state index in [-0.39, 0.29) is 0 Å². The van der Waals surface area contributed by atoms with Gasteiger partial charge < -0.3 is 0 Å². The van der Waals surface area contributed by atoms with Gasteiger partial charge in [0.15, 0.2) is 0 Å². The Bertz CT molecular complexity index is 424. The Balaban J connectivity index is 1.73. The van der Waals surface area contributed by atoms with Crippen molar-refractivity contribution in [2.75, 3.05) is 12.3 Å². The lowest BCUT2D eigenvalue weighted by Crippen LogP contribution is -1.99. The summed E-state index contributed by atoms with van der Waals surface area (Å²) in [7, 11) is 1.91. The van der Waals surface area contributed by atoms with Crippen molar-refractivity contribution in [2.45, 2.75) is 13.8 Å². The SMILES string of the molecule is Cc1ccc(PCCPc2ccc(C)cc2)cc1. The molecule has 2 atom stereocenters. The minimum absolute atomic E-state index is 0.957. The van der Waals surface area contributed by atoms with Crippen molar-refractivity contribution in [1.29, 1.82) is 0 Å². The number of benzene rings is 2. The smallest absolute Gasteiger partial charge is 0.0271 e. The monoisotopic (exact) mass is 274 g/mol. The van der Waals surface area contributed by atoms with Crippen LogP contribution in [0, 0.1) is 13.8 Å². The standard InChI is InChI=1S/C16H20P2/c1-13-3-7-15(8-4-13)17-11-12-18-16-9-5-14(2)6-10-16/h3-10,17-18H,11-12H2,1-2H3. The van der Waals surface area contributed by atoms with Crippen molar-refractivity contribution in [3.05, 3.63) is 59.7 Å². The minimum atomic E-state index is 0.957. The van der Waals surface area contributed by atoms with Gasteiger partial charge >= 0.3 is 0 Å². The number of hydrogen-bond donors (Lipinski definition) is 0. The molecule has 0 radical (unpaired) electrons. The van der Waals surface area contributed by atoms with E-state index in [2.05, 4.69) is 62.4 Å². The molecule has 2 unspecified atom stereocenters. The zero-order valence-electron chi connectivity index (χ0n) is 11.0. The first-order valence-corrected chi connectivity index (χ1v) is 8.76. The highest BCUT2D eigenvalue weighted by molar-refractivity contribution is 7.51. The lowest BCUT2D eigenvalue weighted by atomic mass is 10.2. The molecule has 2 aromatic carbocycles. The molecule has 0 nitrogen and oxygen atoms in total. The van der Waals surface area contributed by atoms with E-state index in [1.165, 1.54) is 34.1 Å².